The minimum atomic E-state index is -1.26. The van der Waals surface area contributed by atoms with E-state index in [2.05, 4.69) is 0 Å². The van der Waals surface area contributed by atoms with Crippen LogP contribution < -0.4 is 0 Å². The second-order valence-corrected chi connectivity index (χ2v) is 11.3. The van der Waals surface area contributed by atoms with Crippen molar-refractivity contribution < 1.29 is 0 Å². The molecule has 0 heterocycles. The molecule has 0 N–H and O–H groups in total. The van der Waals surface area contributed by atoms with E-state index in [1.807, 2.05) is 0 Å². The van der Waals surface area contributed by atoms with Crippen LogP contribution in [0, 0.1) is 0 Å². The highest BCUT2D eigenvalue weighted by Crippen LogP contribution is 2.19. The number of halogens is 1. The fourth-order valence-electron chi connectivity index (χ4n) is 6.37. The maximum atomic E-state index is 6.53. The highest BCUT2D eigenvalue weighted by Gasteiger charge is 2.57. The molecular weight excluding hydrogens is 457 g/mol. The van der Waals surface area contributed by atoms with Gasteiger partial charge >= 0.3 is 0 Å². The molecule has 124 valence electrons. The fraction of sp³-hybridized carbons (Fsp3) is 0. The Hall–Kier alpha value is 2.82. The zero-order valence-electron chi connectivity index (χ0n) is 22.9. The van der Waals surface area contributed by atoms with Crippen LogP contribution in [0.5, 0.6) is 0 Å². The molecule has 0 fully saturated rings. The maximum absolute atomic E-state index is 6.53. The van der Waals surface area contributed by atoms with Crippen molar-refractivity contribution in [1.29, 1.82) is 0 Å². The van der Waals surface area contributed by atoms with Crippen molar-refractivity contribution in [3.63, 3.8) is 0 Å². The summed E-state index contributed by atoms with van der Waals surface area (Å²) in [7, 11) is 125. The summed E-state index contributed by atoms with van der Waals surface area (Å²) in [5.41, 5.74) is 0. The van der Waals surface area contributed by atoms with E-state index in [0.717, 1.165) is 0 Å². The van der Waals surface area contributed by atoms with E-state index < -0.39 is 121 Å². The van der Waals surface area contributed by atoms with Crippen molar-refractivity contribution >= 4 is 287 Å². The van der Waals surface area contributed by atoms with Gasteiger partial charge in [0.05, 0.1) is 0 Å². The summed E-state index contributed by atoms with van der Waals surface area (Å²) in [6, 6.07) is 0. The Balaban J connectivity index is 8.34. The van der Waals surface area contributed by atoms with Crippen LogP contribution in [0.15, 0.2) is 0 Å². The molecule has 0 aliphatic carbocycles. The highest BCUT2D eigenvalue weighted by atomic mass is 35.5. The van der Waals surface area contributed by atoms with Gasteiger partial charge in [-0.25, -0.2) is 11.5 Å². The topological polar surface area (TPSA) is 0 Å². The van der Waals surface area contributed by atoms with Crippen molar-refractivity contribution in [2.24, 2.45) is 0 Å². The minimum absolute atomic E-state index is 1.05. The van der Waals surface area contributed by atoms with E-state index in [1.165, 1.54) is 0 Å². The molecule has 0 aromatic rings. The third kappa shape index (κ3) is 11.6. The molecule has 40 heteroatoms. The van der Waals surface area contributed by atoms with Crippen molar-refractivity contribution in [1.82, 2.24) is 0 Å². The normalized spacial score (nSPS) is 9.62. The van der Waals surface area contributed by atoms with E-state index in [0.29, 0.717) is 0 Å². The first kappa shape index (κ1) is 42.8. The molecule has 40 radical (unpaired) electrons. The Kier molecular flexibility index (Phi) is 20.8. The number of rotatable bonds is 18. The summed E-state index contributed by atoms with van der Waals surface area (Å²) in [5, 5.41) is 0. The summed E-state index contributed by atoms with van der Waals surface area (Å²) < 4.78 is 0. The molecule has 0 rings (SSSR count). The van der Waals surface area contributed by atoms with Gasteiger partial charge in [0.1, 0.15) is 0 Å². The Morgan fingerprint density at radius 2 is 0.375 bits per heavy atom. The quantitative estimate of drug-likeness (QED) is 0.180. The van der Waals surface area contributed by atoms with Gasteiger partial charge in [0, 0.05) is 270 Å². The van der Waals surface area contributed by atoms with Crippen LogP contribution in [0.2, 0.25) is 0 Å². The van der Waals surface area contributed by atoms with Gasteiger partial charge in [-0.2, -0.15) is 0 Å². The van der Waals surface area contributed by atoms with E-state index in [1.54, 1.807) is 0 Å². The monoisotopic (exact) mass is 464 g/mol. The van der Waals surface area contributed by atoms with E-state index in [9.17, 15) is 0 Å². The molecule has 0 saturated heterocycles. The molecule has 0 aliphatic heterocycles. The predicted molar refractivity (Wildman–Crippen MR) is 230 cm³/mol. The van der Waals surface area contributed by atoms with Crippen LogP contribution in [0.3, 0.4) is 0 Å². The lowest BCUT2D eigenvalue weighted by molar-refractivity contribution is 3.21. The molecule has 0 atom stereocenters. The molecular formula is B39Cl. The molecule has 0 nitrogen and oxygen atoms in total. The Morgan fingerprint density at radius 3 is 0.500 bits per heavy atom. The maximum Gasteiger partial charge on any atom is 0.150 e. The lowest BCUT2D eigenvalue weighted by Crippen LogP contribution is -2.92. The fourth-order valence-corrected chi connectivity index (χ4v) is 6.54. The van der Waals surface area contributed by atoms with Crippen LogP contribution in [0.4, 0.5) is 0 Å². The molecule has 0 spiro atoms. The van der Waals surface area contributed by atoms with Gasteiger partial charge in [-0.05, 0) is 0 Å². The van der Waals surface area contributed by atoms with Crippen LogP contribution >= 0.6 is 11.5 Å². The van der Waals surface area contributed by atoms with Crippen molar-refractivity contribution in [2.45, 2.75) is 0 Å². The number of hydrogen-bond acceptors (Lipinski definition) is 0. The van der Waals surface area contributed by atoms with Gasteiger partial charge in [-0.15, -0.1) is 0 Å². The van der Waals surface area contributed by atoms with E-state index in [4.69, 9.17) is 166 Å². The van der Waals surface area contributed by atoms with Crippen molar-refractivity contribution in [3.8, 4) is 0 Å². The molecule has 0 bridgehead atoms. The Labute approximate surface area is 285 Å². The molecule has 0 aromatic carbocycles. The zero-order valence-corrected chi connectivity index (χ0v) is 23.7. The summed E-state index contributed by atoms with van der Waals surface area (Å²) in [6.07, 6.45) is -20.6. The van der Waals surface area contributed by atoms with Crippen LogP contribution in [0.1, 0.15) is 0 Å². The van der Waals surface area contributed by atoms with Gasteiger partial charge < -0.3 is 0 Å². The molecule has 0 unspecified atom stereocenters. The number of hydrogen-bond donors (Lipinski definition) is 0. The Morgan fingerprint density at radius 1 is 0.225 bits per heavy atom. The highest BCUT2D eigenvalue weighted by molar-refractivity contribution is 8.32. The third-order valence-electron chi connectivity index (χ3n) is 7.92. The summed E-state index contributed by atoms with van der Waals surface area (Å²) >= 11 is 6.29. The standard InChI is InChI=1S/B39Cl/c1-21(2)32(22(3)4)37(33(23(5)6)24(7)8)39(36(29(17)18)30(19)31(20)40)38(34(25(9)10)26(11)12)35(27(13)14)28(15)16. The lowest BCUT2D eigenvalue weighted by atomic mass is 8.27. The van der Waals surface area contributed by atoms with E-state index >= 15 is 0 Å². The van der Waals surface area contributed by atoms with Gasteiger partial charge in [-0.1, -0.05) is 0 Å². The Bertz CT molecular complexity index is 536. The van der Waals surface area contributed by atoms with Crippen LogP contribution in [-0.2, 0) is 0 Å². The molecule has 0 aromatic heterocycles. The average Bonchev–Trinajstić information content (AvgIpc) is 2.73. The van der Waals surface area contributed by atoms with E-state index in [-0.39, 0.29) is 0 Å². The third-order valence-corrected chi connectivity index (χ3v) is 8.21. The van der Waals surface area contributed by atoms with Crippen LogP contribution in [-0.4, -0.2) is 276 Å². The second-order valence-electron chi connectivity index (χ2n) is 10.8. The molecule has 40 heavy (non-hydrogen) atoms. The minimum Gasteiger partial charge on any atom is -0.219 e. The first-order valence-electron chi connectivity index (χ1n) is 12.9. The van der Waals surface area contributed by atoms with Crippen LogP contribution in [0.25, 0.3) is 0 Å². The molecule has 0 aliphatic rings. The molecule has 0 amide bonds. The summed E-state index contributed by atoms with van der Waals surface area (Å²) in [4.78, 5) is 0. The summed E-state index contributed by atoms with van der Waals surface area (Å²) in [5.74, 6) is -1.20. The first-order chi connectivity index (χ1) is 18.1. The van der Waals surface area contributed by atoms with Gasteiger partial charge in [0.25, 0.3) is 0 Å². The van der Waals surface area contributed by atoms with Crippen molar-refractivity contribution in [2.75, 3.05) is 0 Å². The first-order valence-corrected chi connectivity index (χ1v) is 13.3. The van der Waals surface area contributed by atoms with Gasteiger partial charge in [-0.3, -0.25) is 0 Å². The largest absolute Gasteiger partial charge is 0.219 e. The lowest BCUT2D eigenvalue weighted by Gasteiger charge is -2.54. The van der Waals surface area contributed by atoms with Crippen molar-refractivity contribution in [3.05, 3.63) is 0 Å². The zero-order chi connectivity index (χ0) is 32.0. The molecule has 0 saturated carbocycles. The predicted octanol–water partition coefficient (Wildman–Crippen LogP) is -14.2. The SMILES string of the molecule is [B]B([B])B(B([B])[B])B(B(B([B])[B])B([B])[B])B(B(B([B])[B])B([B])B([B])Cl)B(B(B([B])[B])B([B])[B])B(B([B])[B])B([B])[B]. The average molecular weight is 457 g/mol. The smallest absolute Gasteiger partial charge is 0.150 e. The summed E-state index contributed by atoms with van der Waals surface area (Å²) in [6.45, 7) is 0. The van der Waals surface area contributed by atoms with Gasteiger partial charge in [0.15, 0.2) is 5.91 Å². The van der Waals surface area contributed by atoms with Gasteiger partial charge in [0.2, 0.25) is 0 Å². The second kappa shape index (κ2) is 19.5.